The average Bonchev–Trinajstić information content (AvgIpc) is 2.95. The Balaban J connectivity index is 5.23. The highest BCUT2D eigenvalue weighted by molar-refractivity contribution is 6.26. The first-order chi connectivity index (χ1) is 19.3. The largest absolute Gasteiger partial charge is 0.800 e. The van der Waals surface area contributed by atoms with Crippen molar-refractivity contribution in [1.29, 1.82) is 0 Å². The SMILES string of the molecule is CCCCCCCCCCCC(=O)C(C)(C(=O)CCCCCCCCCCC)C(CO)(CO)CO[Si](=O)OO[SiH3]. The number of Topliss-reactive ketones (excluding diaryl/α,β-unsaturated/α-hetero) is 2. The second kappa shape index (κ2) is 24.6. The number of hydrogen-bond donors (Lipinski definition) is 2. The van der Waals surface area contributed by atoms with Crippen LogP contribution < -0.4 is 0 Å². The molecule has 0 aliphatic carbocycles. The lowest BCUT2D eigenvalue weighted by atomic mass is 9.59. The molecule has 0 aliphatic heterocycles. The van der Waals surface area contributed by atoms with Crippen LogP contribution in [-0.4, -0.2) is 61.3 Å². The molecular formula is C30H60O8Si2. The molecule has 0 unspecified atom stereocenters. The van der Waals surface area contributed by atoms with Crippen molar-refractivity contribution < 1.29 is 37.8 Å². The van der Waals surface area contributed by atoms with Crippen LogP contribution in [0.3, 0.4) is 0 Å². The van der Waals surface area contributed by atoms with Gasteiger partial charge in [-0.25, -0.2) is 0 Å². The Hall–Kier alpha value is -0.946. The molecule has 0 saturated carbocycles. The Morgan fingerprint density at radius 2 is 1.02 bits per heavy atom. The highest BCUT2D eigenvalue weighted by Gasteiger charge is 2.57. The first-order valence-electron chi connectivity index (χ1n) is 15.9. The van der Waals surface area contributed by atoms with Gasteiger partial charge in [-0.15, -0.1) is 0 Å². The van der Waals surface area contributed by atoms with Gasteiger partial charge >= 0.3 is 9.17 Å². The van der Waals surface area contributed by atoms with E-state index in [9.17, 15) is 24.3 Å². The first-order valence-corrected chi connectivity index (χ1v) is 18.0. The number of ketones is 2. The molecule has 8 nitrogen and oxygen atoms in total. The maximum absolute atomic E-state index is 13.7. The molecule has 10 heteroatoms. The molecule has 0 rings (SSSR count). The van der Waals surface area contributed by atoms with E-state index in [0.717, 1.165) is 38.5 Å². The molecule has 0 bridgehead atoms. The number of carbonyl (C=O) groups is 2. The molecule has 0 amide bonds. The van der Waals surface area contributed by atoms with E-state index in [2.05, 4.69) is 23.0 Å². The third-order valence-corrected chi connectivity index (χ3v) is 9.60. The predicted octanol–water partition coefficient (Wildman–Crippen LogP) is 5.60. The number of carbonyl (C=O) groups excluding carboxylic acids is 2. The minimum atomic E-state index is -3.06. The summed E-state index contributed by atoms with van der Waals surface area (Å²) in [7, 11) is -2.87. The lowest BCUT2D eigenvalue weighted by Gasteiger charge is -2.44. The quantitative estimate of drug-likeness (QED) is 0.0357. The Bertz CT molecular complexity index is 636. The maximum atomic E-state index is 13.7. The van der Waals surface area contributed by atoms with Crippen molar-refractivity contribution in [1.82, 2.24) is 0 Å². The number of aliphatic hydroxyl groups excluding tert-OH is 2. The van der Waals surface area contributed by atoms with E-state index in [4.69, 9.17) is 4.43 Å². The summed E-state index contributed by atoms with van der Waals surface area (Å²) >= 11 is 0. The molecule has 0 radical (unpaired) electrons. The highest BCUT2D eigenvalue weighted by atomic mass is 28.3. The van der Waals surface area contributed by atoms with E-state index in [-0.39, 0.29) is 34.9 Å². The molecule has 236 valence electrons. The molecule has 0 spiro atoms. The smallest absolute Gasteiger partial charge is 0.494 e. The summed E-state index contributed by atoms with van der Waals surface area (Å²) in [5.74, 6) is -0.606. The molecule has 0 aliphatic rings. The fraction of sp³-hybridized carbons (Fsp3) is 0.933. The van der Waals surface area contributed by atoms with Crippen LogP contribution in [0.2, 0.25) is 0 Å². The van der Waals surface area contributed by atoms with Crippen LogP contribution in [0.5, 0.6) is 0 Å². The number of unbranched alkanes of at least 4 members (excludes halogenated alkanes) is 16. The zero-order chi connectivity index (χ0) is 30.1. The Kier molecular flexibility index (Phi) is 24.1. The molecule has 0 saturated heterocycles. The van der Waals surface area contributed by atoms with Crippen LogP contribution in [-0.2, 0) is 27.6 Å². The minimum Gasteiger partial charge on any atom is -0.494 e. The normalized spacial score (nSPS) is 12.0. The van der Waals surface area contributed by atoms with Gasteiger partial charge in [-0.2, -0.15) is 0 Å². The van der Waals surface area contributed by atoms with Gasteiger partial charge in [-0.3, -0.25) is 18.6 Å². The molecule has 0 heterocycles. The lowest BCUT2D eigenvalue weighted by molar-refractivity contribution is -0.165. The van der Waals surface area contributed by atoms with Crippen LogP contribution in [0.4, 0.5) is 0 Å². The van der Waals surface area contributed by atoms with E-state index in [1.54, 1.807) is 0 Å². The third kappa shape index (κ3) is 14.8. The zero-order valence-corrected chi connectivity index (χ0v) is 29.1. The van der Waals surface area contributed by atoms with Gasteiger partial charge in [-0.05, 0) is 19.8 Å². The Labute approximate surface area is 248 Å². The molecule has 0 fully saturated rings. The summed E-state index contributed by atoms with van der Waals surface area (Å²) in [5.41, 5.74) is -3.28. The van der Waals surface area contributed by atoms with E-state index < -0.39 is 39.8 Å². The van der Waals surface area contributed by atoms with E-state index in [1.165, 1.54) is 71.1 Å². The topological polar surface area (TPSA) is 119 Å². The Morgan fingerprint density at radius 3 is 1.35 bits per heavy atom. The summed E-state index contributed by atoms with van der Waals surface area (Å²) in [4.78, 5) is 27.4. The van der Waals surface area contributed by atoms with Crippen molar-refractivity contribution in [2.45, 2.75) is 149 Å². The van der Waals surface area contributed by atoms with E-state index in [1.807, 2.05) is 0 Å². The van der Waals surface area contributed by atoms with Gasteiger partial charge in [0.25, 0.3) is 0 Å². The fourth-order valence-corrected chi connectivity index (χ4v) is 6.32. The van der Waals surface area contributed by atoms with Gasteiger partial charge < -0.3 is 19.2 Å². The fourth-order valence-electron chi connectivity index (χ4n) is 5.33. The monoisotopic (exact) mass is 604 g/mol. The van der Waals surface area contributed by atoms with Gasteiger partial charge in [0.1, 0.15) is 11.6 Å². The van der Waals surface area contributed by atoms with Gasteiger partial charge in [0, 0.05) is 12.8 Å². The van der Waals surface area contributed by atoms with Gasteiger partial charge in [0.2, 0.25) is 10.5 Å². The van der Waals surface area contributed by atoms with Gasteiger partial charge in [0.15, 0.2) is 0 Å². The van der Waals surface area contributed by atoms with Crippen LogP contribution in [0.1, 0.15) is 149 Å². The lowest BCUT2D eigenvalue weighted by Crippen LogP contribution is -2.58. The standard InChI is InChI=1S/C30H60O8Si2/c1-4-6-8-10-12-14-16-18-20-22-27(33)29(3,30(24-31,25-32)26-36-40(35)38-37-39)28(34)23-21-19-17-15-13-11-9-7-5-2/h31-32H,4-26H2,1-3,39H3. The van der Waals surface area contributed by atoms with Crippen molar-refractivity contribution in [3.63, 3.8) is 0 Å². The zero-order valence-electron chi connectivity index (χ0n) is 26.1. The molecule has 0 atom stereocenters. The second-order valence-electron chi connectivity index (χ2n) is 11.5. The highest BCUT2D eigenvalue weighted by Crippen LogP contribution is 2.43. The van der Waals surface area contributed by atoms with E-state index >= 15 is 0 Å². The number of hydrogen-bond acceptors (Lipinski definition) is 8. The second-order valence-corrected chi connectivity index (χ2v) is 12.8. The Morgan fingerprint density at radius 1 is 0.675 bits per heavy atom. The van der Waals surface area contributed by atoms with Gasteiger partial charge in [-0.1, -0.05) is 117 Å². The van der Waals surface area contributed by atoms with Crippen molar-refractivity contribution in [3.8, 4) is 0 Å². The summed E-state index contributed by atoms with van der Waals surface area (Å²) in [6, 6.07) is 0. The first kappa shape index (κ1) is 39.1. The van der Waals surface area contributed by atoms with Crippen LogP contribution in [0.25, 0.3) is 0 Å². The van der Waals surface area contributed by atoms with Crippen LogP contribution >= 0.6 is 0 Å². The van der Waals surface area contributed by atoms with Crippen molar-refractivity contribution >= 4 is 31.2 Å². The minimum absolute atomic E-state index is 0.187. The van der Waals surface area contributed by atoms with Crippen molar-refractivity contribution in [2.24, 2.45) is 10.8 Å². The van der Waals surface area contributed by atoms with Gasteiger partial charge in [0.05, 0.1) is 30.7 Å². The molecule has 40 heavy (non-hydrogen) atoms. The third-order valence-electron chi connectivity index (χ3n) is 8.41. The summed E-state index contributed by atoms with van der Waals surface area (Å²) in [6.07, 6.45) is 20.2. The molecule has 0 aromatic heterocycles. The van der Waals surface area contributed by atoms with Crippen LogP contribution in [0.15, 0.2) is 0 Å². The average molecular weight is 605 g/mol. The molecular weight excluding hydrogens is 544 g/mol. The summed E-state index contributed by atoms with van der Waals surface area (Å²) < 4.78 is 26.4. The predicted molar refractivity (Wildman–Crippen MR) is 163 cm³/mol. The van der Waals surface area contributed by atoms with Crippen molar-refractivity contribution in [2.75, 3.05) is 19.8 Å². The summed E-state index contributed by atoms with van der Waals surface area (Å²) in [6.45, 7) is 4.15. The van der Waals surface area contributed by atoms with Crippen LogP contribution in [0, 0.1) is 10.8 Å². The number of aliphatic hydroxyl groups is 2. The number of rotatable bonds is 30. The van der Waals surface area contributed by atoms with E-state index in [0.29, 0.717) is 12.8 Å². The molecule has 0 aromatic carbocycles. The molecule has 2 N–H and O–H groups in total. The molecule has 0 aromatic rings. The van der Waals surface area contributed by atoms with Crippen molar-refractivity contribution in [3.05, 3.63) is 0 Å². The summed E-state index contributed by atoms with van der Waals surface area (Å²) in [5, 5.41) is 20.8. The maximum Gasteiger partial charge on any atom is 0.800 e.